The number of anilines is 1. The molecule has 3 aromatic rings. The third-order valence-corrected chi connectivity index (χ3v) is 3.45. The van der Waals surface area contributed by atoms with Crippen molar-refractivity contribution in [2.75, 3.05) is 5.32 Å². The summed E-state index contributed by atoms with van der Waals surface area (Å²) in [6.07, 6.45) is 0. The van der Waals surface area contributed by atoms with Crippen LogP contribution in [0.1, 0.15) is 16.2 Å². The Hall–Kier alpha value is -2.69. The highest BCUT2D eigenvalue weighted by molar-refractivity contribution is 6.05. The molecule has 1 N–H and O–H groups in total. The van der Waals surface area contributed by atoms with Crippen molar-refractivity contribution in [2.24, 2.45) is 7.05 Å². The van der Waals surface area contributed by atoms with Crippen molar-refractivity contribution in [1.82, 2.24) is 9.55 Å². The zero-order valence-corrected chi connectivity index (χ0v) is 11.7. The first-order valence-corrected chi connectivity index (χ1v) is 6.54. The van der Waals surface area contributed by atoms with Gasteiger partial charge in [0, 0.05) is 18.3 Å². The number of benzene rings is 2. The lowest BCUT2D eigenvalue weighted by Gasteiger charge is -2.05. The second kappa shape index (κ2) is 5.01. The largest absolute Gasteiger partial charge is 0.331 e. The molecule has 1 aromatic heterocycles. The van der Waals surface area contributed by atoms with Gasteiger partial charge in [0.25, 0.3) is 5.91 Å². The molecule has 0 bridgehead atoms. The molecule has 0 unspecified atom stereocenters. The first-order chi connectivity index (χ1) is 10.0. The van der Waals surface area contributed by atoms with Gasteiger partial charge < -0.3 is 9.88 Å². The van der Waals surface area contributed by atoms with E-state index >= 15 is 0 Å². The standard InChI is InChI=1S/C16H14FN3O/c1-10-18-14-8-11(6-7-15(14)20(10)2)16(21)19-13-5-3-4-12(17)9-13/h3-9H,1-2H3,(H,19,21). The third-order valence-electron chi connectivity index (χ3n) is 3.45. The van der Waals surface area contributed by atoms with Crippen molar-refractivity contribution >= 4 is 22.6 Å². The number of hydrogen-bond donors (Lipinski definition) is 1. The van der Waals surface area contributed by atoms with E-state index < -0.39 is 0 Å². The highest BCUT2D eigenvalue weighted by Gasteiger charge is 2.10. The second-order valence-corrected chi connectivity index (χ2v) is 4.89. The monoisotopic (exact) mass is 283 g/mol. The Balaban J connectivity index is 1.91. The van der Waals surface area contributed by atoms with Gasteiger partial charge in [0.2, 0.25) is 0 Å². The number of amides is 1. The van der Waals surface area contributed by atoms with Crippen LogP contribution in [0.3, 0.4) is 0 Å². The Morgan fingerprint density at radius 3 is 2.81 bits per heavy atom. The fourth-order valence-corrected chi connectivity index (χ4v) is 2.23. The highest BCUT2D eigenvalue weighted by Crippen LogP contribution is 2.18. The van der Waals surface area contributed by atoms with Gasteiger partial charge in [0.05, 0.1) is 11.0 Å². The van der Waals surface area contributed by atoms with Crippen LogP contribution in [0.5, 0.6) is 0 Å². The fraction of sp³-hybridized carbons (Fsp3) is 0.125. The van der Waals surface area contributed by atoms with E-state index in [-0.39, 0.29) is 11.7 Å². The normalized spacial score (nSPS) is 10.8. The Morgan fingerprint density at radius 1 is 1.24 bits per heavy atom. The van der Waals surface area contributed by atoms with Gasteiger partial charge in [0.15, 0.2) is 0 Å². The zero-order chi connectivity index (χ0) is 15.0. The summed E-state index contributed by atoms with van der Waals surface area (Å²) in [6.45, 7) is 1.91. The van der Waals surface area contributed by atoms with E-state index in [0.717, 1.165) is 16.9 Å². The molecule has 0 saturated carbocycles. The number of nitrogens with one attached hydrogen (secondary N) is 1. The quantitative estimate of drug-likeness (QED) is 0.784. The lowest BCUT2D eigenvalue weighted by molar-refractivity contribution is 0.102. The molecule has 0 aliphatic heterocycles. The molecule has 0 aliphatic rings. The van der Waals surface area contributed by atoms with Crippen LogP contribution in [-0.4, -0.2) is 15.5 Å². The van der Waals surface area contributed by atoms with Crippen LogP contribution in [0.25, 0.3) is 11.0 Å². The number of rotatable bonds is 2. The molecule has 4 nitrogen and oxygen atoms in total. The van der Waals surface area contributed by atoms with Crippen LogP contribution < -0.4 is 5.32 Å². The van der Waals surface area contributed by atoms with E-state index in [1.54, 1.807) is 24.3 Å². The number of nitrogens with zero attached hydrogens (tertiary/aromatic N) is 2. The molecular weight excluding hydrogens is 269 g/mol. The predicted molar refractivity (Wildman–Crippen MR) is 79.8 cm³/mol. The third kappa shape index (κ3) is 2.50. The average Bonchev–Trinajstić information content (AvgIpc) is 2.73. The van der Waals surface area contributed by atoms with Gasteiger partial charge in [-0.15, -0.1) is 0 Å². The molecule has 0 radical (unpaired) electrons. The maximum atomic E-state index is 13.1. The Morgan fingerprint density at radius 2 is 2.05 bits per heavy atom. The van der Waals surface area contributed by atoms with Crippen LogP contribution in [0.4, 0.5) is 10.1 Å². The minimum absolute atomic E-state index is 0.286. The maximum absolute atomic E-state index is 13.1. The topological polar surface area (TPSA) is 46.9 Å². The lowest BCUT2D eigenvalue weighted by Crippen LogP contribution is -2.11. The molecule has 1 amide bonds. The molecule has 0 spiro atoms. The van der Waals surface area contributed by atoms with E-state index in [1.807, 2.05) is 24.6 Å². The van der Waals surface area contributed by atoms with Gasteiger partial charge in [-0.05, 0) is 43.3 Å². The van der Waals surface area contributed by atoms with Gasteiger partial charge in [-0.3, -0.25) is 4.79 Å². The molecule has 0 aliphatic carbocycles. The summed E-state index contributed by atoms with van der Waals surface area (Å²) >= 11 is 0. The SMILES string of the molecule is Cc1nc2cc(C(=O)Nc3cccc(F)c3)ccc2n1C. The summed E-state index contributed by atoms with van der Waals surface area (Å²) in [7, 11) is 1.93. The molecule has 106 valence electrons. The lowest BCUT2D eigenvalue weighted by atomic mass is 10.2. The number of carbonyl (C=O) groups excluding carboxylic acids is 1. The molecule has 0 atom stereocenters. The summed E-state index contributed by atoms with van der Waals surface area (Å²) < 4.78 is 15.1. The van der Waals surface area contributed by atoms with Crippen molar-refractivity contribution in [3.05, 3.63) is 59.7 Å². The average molecular weight is 283 g/mol. The summed E-state index contributed by atoms with van der Waals surface area (Å²) in [4.78, 5) is 16.6. The predicted octanol–water partition coefficient (Wildman–Crippen LogP) is 3.27. The van der Waals surface area contributed by atoms with Gasteiger partial charge >= 0.3 is 0 Å². The fourth-order valence-electron chi connectivity index (χ4n) is 2.23. The summed E-state index contributed by atoms with van der Waals surface area (Å²) in [6, 6.07) is 11.1. The van der Waals surface area contributed by atoms with E-state index in [4.69, 9.17) is 0 Å². The number of carbonyl (C=O) groups is 1. The van der Waals surface area contributed by atoms with Crippen LogP contribution >= 0.6 is 0 Å². The minimum atomic E-state index is -0.386. The molecule has 1 heterocycles. The molecule has 2 aromatic carbocycles. The number of aryl methyl sites for hydroxylation is 2. The van der Waals surface area contributed by atoms with Gasteiger partial charge in [-0.2, -0.15) is 0 Å². The molecule has 21 heavy (non-hydrogen) atoms. The number of hydrogen-bond acceptors (Lipinski definition) is 2. The number of imidazole rings is 1. The van der Waals surface area contributed by atoms with Crippen LogP contribution in [-0.2, 0) is 7.05 Å². The summed E-state index contributed by atoms with van der Waals surface area (Å²) in [5.74, 6) is 0.210. The van der Waals surface area contributed by atoms with Crippen LogP contribution in [0.15, 0.2) is 42.5 Å². The second-order valence-electron chi connectivity index (χ2n) is 4.89. The Bertz CT molecular complexity index is 839. The number of aromatic nitrogens is 2. The Labute approximate surface area is 121 Å². The summed E-state index contributed by atoms with van der Waals surface area (Å²) in [5.41, 5.74) is 2.65. The van der Waals surface area contributed by atoms with Gasteiger partial charge in [0.1, 0.15) is 11.6 Å². The van der Waals surface area contributed by atoms with E-state index in [9.17, 15) is 9.18 Å². The van der Waals surface area contributed by atoms with Crippen molar-refractivity contribution < 1.29 is 9.18 Å². The number of halogens is 1. The van der Waals surface area contributed by atoms with Crippen LogP contribution in [0, 0.1) is 12.7 Å². The van der Waals surface area contributed by atoms with Crippen molar-refractivity contribution in [3.8, 4) is 0 Å². The molecule has 5 heteroatoms. The zero-order valence-electron chi connectivity index (χ0n) is 11.7. The first kappa shape index (κ1) is 13.3. The minimum Gasteiger partial charge on any atom is -0.331 e. The maximum Gasteiger partial charge on any atom is 0.255 e. The highest BCUT2D eigenvalue weighted by atomic mass is 19.1. The smallest absolute Gasteiger partial charge is 0.255 e. The van der Waals surface area contributed by atoms with Crippen molar-refractivity contribution in [2.45, 2.75) is 6.92 Å². The first-order valence-electron chi connectivity index (χ1n) is 6.54. The van der Waals surface area contributed by atoms with Gasteiger partial charge in [-0.1, -0.05) is 6.07 Å². The molecule has 0 saturated heterocycles. The molecule has 0 fully saturated rings. The van der Waals surface area contributed by atoms with Crippen LogP contribution in [0.2, 0.25) is 0 Å². The van der Waals surface area contributed by atoms with Crippen molar-refractivity contribution in [3.63, 3.8) is 0 Å². The van der Waals surface area contributed by atoms with Gasteiger partial charge in [-0.25, -0.2) is 9.37 Å². The summed E-state index contributed by atoms with van der Waals surface area (Å²) in [5, 5.41) is 2.67. The molecule has 3 rings (SSSR count). The van der Waals surface area contributed by atoms with Crippen molar-refractivity contribution in [1.29, 1.82) is 0 Å². The number of fused-ring (bicyclic) bond motifs is 1. The Kier molecular flexibility index (Phi) is 3.17. The van der Waals surface area contributed by atoms with E-state index in [0.29, 0.717) is 11.3 Å². The molecular formula is C16H14FN3O. The van der Waals surface area contributed by atoms with E-state index in [2.05, 4.69) is 10.3 Å². The van der Waals surface area contributed by atoms with E-state index in [1.165, 1.54) is 12.1 Å².